The van der Waals surface area contributed by atoms with Crippen molar-refractivity contribution in [1.82, 2.24) is 0 Å². The molecule has 10 heteroatoms. The molecule has 338 valence electrons. The Bertz CT molecular complexity index is 1850. The van der Waals surface area contributed by atoms with Crippen LogP contribution in [0.15, 0.2) is 186 Å². The van der Waals surface area contributed by atoms with Gasteiger partial charge in [0.05, 0.1) is 28.4 Å². The quantitative estimate of drug-likeness (QED) is 0.0791. The summed E-state index contributed by atoms with van der Waals surface area (Å²) in [5.74, 6) is 3.24. The van der Waals surface area contributed by atoms with Crippen LogP contribution in [0.4, 0.5) is 22.7 Å². The molecule has 0 heterocycles. The van der Waals surface area contributed by atoms with E-state index in [-0.39, 0.29) is 40.2 Å². The Morgan fingerprint density at radius 3 is 0.841 bits per heavy atom. The smallest absolute Gasteiger partial charge is 0.118 e. The van der Waals surface area contributed by atoms with Gasteiger partial charge in [0.25, 0.3) is 0 Å². The van der Waals surface area contributed by atoms with E-state index in [0.717, 1.165) is 45.7 Å². The fourth-order valence-corrected chi connectivity index (χ4v) is 5.24. The Labute approximate surface area is 404 Å². The van der Waals surface area contributed by atoms with E-state index in [0.29, 0.717) is 0 Å². The van der Waals surface area contributed by atoms with E-state index < -0.39 is 0 Å². The molecule has 0 saturated heterocycles. The summed E-state index contributed by atoms with van der Waals surface area (Å²) in [4.78, 5) is 8.48. The molecule has 0 saturated carbocycles. The van der Waals surface area contributed by atoms with Gasteiger partial charge in [-0.25, -0.2) is 0 Å². The van der Waals surface area contributed by atoms with Crippen LogP contribution in [0.5, 0.6) is 23.0 Å². The van der Waals surface area contributed by atoms with Gasteiger partial charge in [-0.2, -0.15) is 0 Å². The van der Waals surface area contributed by atoms with E-state index in [2.05, 4.69) is 88.3 Å². The van der Waals surface area contributed by atoms with Crippen LogP contribution in [0, 0.1) is 6.92 Å². The van der Waals surface area contributed by atoms with Crippen molar-refractivity contribution in [2.45, 2.75) is 58.3 Å². The van der Waals surface area contributed by atoms with Crippen molar-refractivity contribution < 1.29 is 59.2 Å². The molecule has 0 unspecified atom stereocenters. The number of aryl methyl sites for hydroxylation is 1. The first-order chi connectivity index (χ1) is 30.0. The van der Waals surface area contributed by atoms with E-state index in [4.69, 9.17) is 18.9 Å². The molecule has 0 spiro atoms. The fourth-order valence-electron chi connectivity index (χ4n) is 5.24. The summed E-state index contributed by atoms with van der Waals surface area (Å²) < 4.78 is 20.3. The maximum Gasteiger partial charge on any atom is 0.118 e. The normalized spacial score (nSPS) is 14.4. The minimum Gasteiger partial charge on any atom is -0.497 e. The van der Waals surface area contributed by atoms with Gasteiger partial charge in [0, 0.05) is 40.2 Å². The molecule has 0 aromatic heterocycles. The zero-order chi connectivity index (χ0) is 43.4. The van der Waals surface area contributed by atoms with Crippen molar-refractivity contribution in [1.29, 1.82) is 0 Å². The number of hydrogen-bond donors (Lipinski definition) is 0. The predicted octanol–water partition coefficient (Wildman–Crippen LogP) is 15.5. The molecule has 8 nitrogen and oxygen atoms in total. The molecule has 2 aliphatic carbocycles. The van der Waals surface area contributed by atoms with E-state index in [9.17, 15) is 0 Å². The third kappa shape index (κ3) is 27.2. The summed E-state index contributed by atoms with van der Waals surface area (Å²) in [6.45, 7) is 2.08. The Morgan fingerprint density at radius 2 is 0.619 bits per heavy atom. The molecule has 0 bridgehead atoms. The van der Waals surface area contributed by atoms with Crippen LogP contribution in [-0.4, -0.2) is 41.1 Å². The van der Waals surface area contributed by atoms with E-state index >= 15 is 0 Å². The fraction of sp³-hybridized carbons (Fsp3) is 0.245. The zero-order valence-electron chi connectivity index (χ0n) is 37.1. The van der Waals surface area contributed by atoms with Crippen LogP contribution in [0.2, 0.25) is 0 Å². The van der Waals surface area contributed by atoms with E-state index in [1.807, 2.05) is 115 Å². The number of ether oxygens (including phenoxy) is 4. The summed E-state index contributed by atoms with van der Waals surface area (Å²) in [5, 5.41) is 8.48. The summed E-state index contributed by atoms with van der Waals surface area (Å²) >= 11 is 0. The minimum absolute atomic E-state index is 0. The average Bonchev–Trinajstić information content (AvgIpc) is 3.28. The minimum atomic E-state index is 0. The molecule has 0 fully saturated rings. The van der Waals surface area contributed by atoms with Crippen molar-refractivity contribution >= 4 is 35.4 Å². The number of aliphatic imine (C=N–C) groups is 2. The summed E-state index contributed by atoms with van der Waals surface area (Å²) in [6, 6.07) is 40.1. The first-order valence-electron chi connectivity index (χ1n) is 20.7. The molecule has 2 aliphatic rings. The van der Waals surface area contributed by atoms with Crippen LogP contribution in [0.25, 0.3) is 10.6 Å². The van der Waals surface area contributed by atoms with Gasteiger partial charge in [-0.3, -0.25) is 0 Å². The Kier molecular flexibility index (Phi) is 32.7. The molecule has 0 aliphatic heterocycles. The van der Waals surface area contributed by atoms with Gasteiger partial charge in [-0.15, -0.1) is 0 Å². The molecule has 63 heavy (non-hydrogen) atoms. The molecule has 0 atom stereocenters. The van der Waals surface area contributed by atoms with Crippen LogP contribution in [-0.2, 0) is 40.2 Å². The molecule has 0 amide bonds. The summed E-state index contributed by atoms with van der Waals surface area (Å²) in [5.41, 5.74) is 4.65. The van der Waals surface area contributed by atoms with Crippen LogP contribution >= 0.6 is 0 Å². The second kappa shape index (κ2) is 37.1. The standard InChI is InChI=1S/2C15H15N2O2.2C8H12.C7H8.2Ir/c2*1-18-14-7-3-12(4-8-14)16-11-17-13-5-9-15(19-2)10-6-13;2*1-2-4-6-8-7-5-3-1;1-7-5-3-2-4-6-7;;/h2*3-11H,1-2H3;2*1-2,7-8H,3-6H2;2-6H,1H3;;/q2*-1;;;;;/b;;2*2-1-,8-7-;;;. The van der Waals surface area contributed by atoms with Gasteiger partial charge in [-0.1, -0.05) is 146 Å². The molecule has 5 aromatic rings. The monoisotopic (exact) mass is 1200 g/mol. The van der Waals surface area contributed by atoms with Crippen molar-refractivity contribution in [3.8, 4) is 23.0 Å². The number of methoxy groups -OCH3 is 4. The van der Waals surface area contributed by atoms with Crippen LogP contribution in [0.3, 0.4) is 0 Å². The Balaban J connectivity index is 0.000000417. The molecule has 2 radical (unpaired) electrons. The van der Waals surface area contributed by atoms with E-state index in [1.54, 1.807) is 28.4 Å². The van der Waals surface area contributed by atoms with Crippen molar-refractivity contribution in [3.05, 3.63) is 192 Å². The summed E-state index contributed by atoms with van der Waals surface area (Å²) in [7, 11) is 6.54. The first-order valence-corrected chi connectivity index (χ1v) is 20.7. The van der Waals surface area contributed by atoms with Crippen molar-refractivity contribution in [3.63, 3.8) is 0 Å². The van der Waals surface area contributed by atoms with E-state index in [1.165, 1.54) is 69.6 Å². The number of allylic oxidation sites excluding steroid dienone is 8. The average molecular weight is 1200 g/mol. The van der Waals surface area contributed by atoms with Gasteiger partial charge < -0.3 is 39.6 Å². The van der Waals surface area contributed by atoms with Crippen LogP contribution < -0.4 is 18.9 Å². The number of rotatable bonds is 10. The molecular formula is C53H62Ir2N4O4-2. The predicted molar refractivity (Wildman–Crippen MR) is 259 cm³/mol. The molecule has 7 rings (SSSR count). The number of hydrogen-bond acceptors (Lipinski definition) is 6. The third-order valence-corrected chi connectivity index (χ3v) is 8.72. The Morgan fingerprint density at radius 1 is 0.365 bits per heavy atom. The maximum atomic E-state index is 5.08. The van der Waals surface area contributed by atoms with Gasteiger partial charge in [-0.05, 0) is 130 Å². The second-order valence-corrected chi connectivity index (χ2v) is 13.4. The maximum absolute atomic E-state index is 5.08. The molecule has 0 N–H and O–H groups in total. The topological polar surface area (TPSA) is 89.8 Å². The summed E-state index contributed by atoms with van der Waals surface area (Å²) in [6.07, 6.45) is 31.1. The first kappa shape index (κ1) is 55.5. The zero-order valence-corrected chi connectivity index (χ0v) is 41.9. The molecule has 5 aromatic carbocycles. The van der Waals surface area contributed by atoms with Gasteiger partial charge in [0.2, 0.25) is 0 Å². The number of benzene rings is 5. The van der Waals surface area contributed by atoms with Gasteiger partial charge >= 0.3 is 0 Å². The largest absolute Gasteiger partial charge is 0.497 e. The third-order valence-electron chi connectivity index (χ3n) is 8.72. The SMILES string of the molecule is C1=C\CC/C=C\CC/1.C1=C\CC/C=C\CC/1.COc1ccc(N=C[N-]c2ccc(OC)cc2)cc1.COc1ccc(N=C[N-]c2ccc(OC)cc2)cc1.Cc1ccccc1.[Ir].[Ir]. The number of nitrogens with zero attached hydrogens (tertiary/aromatic N) is 4. The van der Waals surface area contributed by atoms with Gasteiger partial charge in [0.1, 0.15) is 23.0 Å². The van der Waals surface area contributed by atoms with Crippen molar-refractivity contribution in [2.75, 3.05) is 28.4 Å². The Hall–Kier alpha value is -5.50. The second-order valence-electron chi connectivity index (χ2n) is 13.4. The van der Waals surface area contributed by atoms with Gasteiger partial charge in [0.15, 0.2) is 0 Å². The van der Waals surface area contributed by atoms with Crippen molar-refractivity contribution in [2.24, 2.45) is 9.98 Å². The molecular weight excluding hydrogens is 1140 g/mol. The van der Waals surface area contributed by atoms with Crippen LogP contribution in [0.1, 0.15) is 56.9 Å².